The van der Waals surface area contributed by atoms with Crippen LogP contribution in [0, 0.1) is 11.8 Å². The fourth-order valence-electron chi connectivity index (χ4n) is 4.52. The van der Waals surface area contributed by atoms with Crippen molar-refractivity contribution in [2.45, 2.75) is 44.8 Å². The minimum absolute atomic E-state index is 0.0826. The topological polar surface area (TPSA) is 67.4 Å². The second-order valence-electron chi connectivity index (χ2n) is 7.88. The van der Waals surface area contributed by atoms with Crippen LogP contribution in [-0.2, 0) is 7.05 Å². The standard InChI is InChI=1S/C22H23N4O3/c1-14-18-13-23-24(2)19(18)11-12-21(14)29-16-9-7-15(8-10-16)25-22(27)17-5-3-4-6-20(17)26(25)28/h3-6,11-13,15-16H,7-10H2,1-2H3/q+1/t15-,16+. The van der Waals surface area contributed by atoms with Crippen LogP contribution < -0.4 is 4.74 Å². The molecule has 1 amide bonds. The van der Waals surface area contributed by atoms with Gasteiger partial charge in [-0.3, -0.25) is 9.48 Å². The van der Waals surface area contributed by atoms with Crippen LogP contribution in [0.15, 0.2) is 42.6 Å². The number of rotatable bonds is 3. The lowest BCUT2D eigenvalue weighted by atomic mass is 9.92. The molecule has 3 aromatic rings. The average Bonchev–Trinajstić information content (AvgIpc) is 3.23. The van der Waals surface area contributed by atoms with Crippen LogP contribution >= 0.6 is 0 Å². The van der Waals surface area contributed by atoms with Crippen molar-refractivity contribution < 1.29 is 14.4 Å². The average molecular weight is 391 g/mol. The van der Waals surface area contributed by atoms with Crippen molar-refractivity contribution in [3.63, 3.8) is 0 Å². The van der Waals surface area contributed by atoms with E-state index in [1.54, 1.807) is 24.3 Å². The first kappa shape index (κ1) is 17.8. The van der Waals surface area contributed by atoms with Gasteiger partial charge in [0.1, 0.15) is 11.3 Å². The third-order valence-corrected chi connectivity index (χ3v) is 6.18. The van der Waals surface area contributed by atoms with Gasteiger partial charge >= 0.3 is 11.6 Å². The molecular formula is C22H23N4O3+. The number of fused-ring (bicyclic) bond motifs is 2. The fraction of sp³-hybridized carbons (Fsp3) is 0.364. The molecule has 5 rings (SSSR count). The summed E-state index contributed by atoms with van der Waals surface area (Å²) in [5, 5.41) is 6.80. The molecule has 1 saturated carbocycles. The first-order valence-corrected chi connectivity index (χ1v) is 10.0. The third-order valence-electron chi connectivity index (χ3n) is 6.18. The Balaban J connectivity index is 1.28. The van der Waals surface area contributed by atoms with E-state index in [1.807, 2.05) is 30.1 Å². The van der Waals surface area contributed by atoms with Crippen molar-refractivity contribution in [3.8, 4) is 5.75 Å². The van der Waals surface area contributed by atoms with Crippen LogP contribution in [-0.4, -0.2) is 37.7 Å². The summed E-state index contributed by atoms with van der Waals surface area (Å²) in [6.45, 7) is 2.06. The highest BCUT2D eigenvalue weighted by molar-refractivity contribution is 5.99. The summed E-state index contributed by atoms with van der Waals surface area (Å²) in [6, 6.07) is 10.9. The summed E-state index contributed by atoms with van der Waals surface area (Å²) in [5.41, 5.74) is 3.10. The zero-order chi connectivity index (χ0) is 20.1. The van der Waals surface area contributed by atoms with E-state index < -0.39 is 0 Å². The lowest BCUT2D eigenvalue weighted by Crippen LogP contribution is -2.43. The number of ether oxygens (including phenoxy) is 1. The van der Waals surface area contributed by atoms with Crippen molar-refractivity contribution in [2.24, 2.45) is 7.05 Å². The number of aromatic nitrogens is 2. The highest BCUT2D eigenvalue weighted by Crippen LogP contribution is 2.36. The molecule has 0 atom stereocenters. The number of benzene rings is 2. The molecule has 29 heavy (non-hydrogen) atoms. The molecule has 1 aliphatic carbocycles. The third kappa shape index (κ3) is 2.80. The molecule has 0 bridgehead atoms. The molecule has 0 unspecified atom stereocenters. The second-order valence-corrected chi connectivity index (χ2v) is 7.88. The molecule has 2 aliphatic rings. The van der Waals surface area contributed by atoms with E-state index in [2.05, 4.69) is 12.0 Å². The van der Waals surface area contributed by atoms with Crippen LogP contribution in [0.4, 0.5) is 5.69 Å². The van der Waals surface area contributed by atoms with E-state index in [0.717, 1.165) is 52.8 Å². The molecule has 1 fully saturated rings. The van der Waals surface area contributed by atoms with Crippen LogP contribution in [0.3, 0.4) is 0 Å². The molecule has 2 heterocycles. The quantitative estimate of drug-likeness (QED) is 0.632. The van der Waals surface area contributed by atoms with Crippen LogP contribution in [0.25, 0.3) is 10.9 Å². The van der Waals surface area contributed by atoms with Crippen molar-refractivity contribution in [3.05, 3.63) is 58.6 Å². The maximum absolute atomic E-state index is 12.7. The summed E-state index contributed by atoms with van der Waals surface area (Å²) < 4.78 is 8.16. The molecule has 0 saturated heterocycles. The summed E-state index contributed by atoms with van der Waals surface area (Å²) in [4.78, 5) is 26.1. The van der Waals surface area contributed by atoms with Gasteiger partial charge in [-0.2, -0.15) is 5.10 Å². The number of para-hydroxylation sites is 1. The molecule has 7 nitrogen and oxygen atoms in total. The number of amides is 1. The minimum Gasteiger partial charge on any atom is -0.490 e. The SMILES string of the molecule is Cc1c(O[C@H]2CC[C@@H](N3C(=O)c4ccccc4[N+]3=O)CC2)ccc2c1cnn2C. The predicted octanol–water partition coefficient (Wildman–Crippen LogP) is 4.05. The molecule has 0 spiro atoms. The number of nitroso groups, excluding NO2 is 1. The van der Waals surface area contributed by atoms with Gasteiger partial charge in [-0.1, -0.05) is 17.1 Å². The first-order valence-electron chi connectivity index (χ1n) is 10.0. The summed E-state index contributed by atoms with van der Waals surface area (Å²) in [5.74, 6) is 0.682. The Kier molecular flexibility index (Phi) is 4.12. The second kappa shape index (κ2) is 6.69. The van der Waals surface area contributed by atoms with Gasteiger partial charge in [0.25, 0.3) is 0 Å². The first-order chi connectivity index (χ1) is 14.0. The molecule has 0 radical (unpaired) electrons. The monoisotopic (exact) mass is 391 g/mol. The van der Waals surface area contributed by atoms with Gasteiger partial charge in [0, 0.05) is 24.1 Å². The summed E-state index contributed by atoms with van der Waals surface area (Å²) in [7, 11) is 1.93. The minimum atomic E-state index is -0.196. The van der Waals surface area contributed by atoms with Gasteiger partial charge in [-0.15, -0.1) is 0 Å². The van der Waals surface area contributed by atoms with E-state index in [1.165, 1.54) is 5.01 Å². The smallest absolute Gasteiger partial charge is 0.320 e. The predicted molar refractivity (Wildman–Crippen MR) is 108 cm³/mol. The van der Waals surface area contributed by atoms with Gasteiger partial charge in [0.15, 0.2) is 4.87 Å². The van der Waals surface area contributed by atoms with E-state index in [9.17, 15) is 9.70 Å². The van der Waals surface area contributed by atoms with E-state index in [0.29, 0.717) is 11.3 Å². The van der Waals surface area contributed by atoms with Gasteiger partial charge < -0.3 is 4.74 Å². The van der Waals surface area contributed by atoms with Gasteiger partial charge in [0.05, 0.1) is 28.8 Å². The Hall–Kier alpha value is -3.22. The van der Waals surface area contributed by atoms with E-state index >= 15 is 0 Å². The largest absolute Gasteiger partial charge is 0.490 e. The van der Waals surface area contributed by atoms with E-state index in [4.69, 9.17) is 4.74 Å². The Bertz CT molecular complexity index is 1090. The fourth-order valence-corrected chi connectivity index (χ4v) is 4.52. The molecule has 148 valence electrons. The summed E-state index contributed by atoms with van der Waals surface area (Å²) >= 11 is 0. The highest BCUT2D eigenvalue weighted by Gasteiger charge is 2.49. The van der Waals surface area contributed by atoms with Crippen molar-refractivity contribution in [1.82, 2.24) is 14.8 Å². The van der Waals surface area contributed by atoms with Gasteiger partial charge in [0.2, 0.25) is 0 Å². The van der Waals surface area contributed by atoms with Crippen molar-refractivity contribution >= 4 is 22.5 Å². The number of hydrazine groups is 1. The molecule has 0 N–H and O–H groups in total. The molecule has 1 aromatic heterocycles. The highest BCUT2D eigenvalue weighted by atomic mass is 16.5. The zero-order valence-electron chi connectivity index (χ0n) is 16.5. The van der Waals surface area contributed by atoms with Crippen LogP contribution in [0.1, 0.15) is 41.6 Å². The molecule has 1 aliphatic heterocycles. The molecular weight excluding hydrogens is 368 g/mol. The zero-order valence-corrected chi connectivity index (χ0v) is 16.5. The van der Waals surface area contributed by atoms with E-state index in [-0.39, 0.29) is 18.1 Å². The number of hydrogen-bond donors (Lipinski definition) is 0. The van der Waals surface area contributed by atoms with Crippen LogP contribution in [0.5, 0.6) is 5.75 Å². The number of carbonyl (C=O) groups excluding carboxylic acids is 1. The number of hydrogen-bond acceptors (Lipinski definition) is 4. The Morgan fingerprint density at radius 2 is 1.86 bits per heavy atom. The van der Waals surface area contributed by atoms with Crippen LogP contribution in [0.2, 0.25) is 0 Å². The van der Waals surface area contributed by atoms with Gasteiger partial charge in [-0.05, 0) is 50.8 Å². The molecule has 2 aromatic carbocycles. The lowest BCUT2D eigenvalue weighted by Gasteiger charge is -2.30. The summed E-state index contributed by atoms with van der Waals surface area (Å²) in [6.07, 6.45) is 5.06. The maximum atomic E-state index is 12.7. The Morgan fingerprint density at radius 3 is 2.62 bits per heavy atom. The van der Waals surface area contributed by atoms with Crippen molar-refractivity contribution in [1.29, 1.82) is 0 Å². The Morgan fingerprint density at radius 1 is 1.10 bits per heavy atom. The lowest BCUT2D eigenvalue weighted by molar-refractivity contribution is -0.620. The maximum Gasteiger partial charge on any atom is 0.320 e. The Labute approximate surface area is 168 Å². The number of nitrogens with zero attached hydrogens (tertiary/aromatic N) is 4. The molecule has 7 heteroatoms. The number of aryl methyl sites for hydroxylation is 2. The van der Waals surface area contributed by atoms with Gasteiger partial charge in [-0.25, -0.2) is 0 Å². The normalized spacial score (nSPS) is 21.7. The van der Waals surface area contributed by atoms with Crippen molar-refractivity contribution in [2.75, 3.05) is 0 Å². The number of carbonyl (C=O) groups is 1.